The maximum Gasteiger partial charge on any atom is 0.321 e. The Morgan fingerprint density at radius 1 is 1.29 bits per heavy atom. The molecule has 0 spiro atoms. The van der Waals surface area contributed by atoms with Gasteiger partial charge in [0, 0.05) is 18.0 Å². The number of rotatable bonds is 3. The highest BCUT2D eigenvalue weighted by molar-refractivity contribution is 9.10. The Bertz CT molecular complexity index is 519. The van der Waals surface area contributed by atoms with Gasteiger partial charge in [0.05, 0.1) is 11.1 Å². The molecule has 88 valence electrons. The Balaban J connectivity index is 2.19. The first-order valence-electron chi connectivity index (χ1n) is 4.73. The Morgan fingerprint density at radius 2 is 2.00 bits per heavy atom. The van der Waals surface area contributed by atoms with Crippen molar-refractivity contribution in [3.63, 3.8) is 0 Å². The third-order valence-electron chi connectivity index (χ3n) is 1.96. The number of ether oxygens (including phenoxy) is 1. The summed E-state index contributed by atoms with van der Waals surface area (Å²) in [6, 6.07) is 4.18. The van der Waals surface area contributed by atoms with Crippen molar-refractivity contribution in [2.75, 3.05) is 0 Å². The van der Waals surface area contributed by atoms with Crippen molar-refractivity contribution in [2.24, 2.45) is 0 Å². The van der Waals surface area contributed by atoms with Gasteiger partial charge in [-0.1, -0.05) is 0 Å². The van der Waals surface area contributed by atoms with Crippen molar-refractivity contribution in [3.05, 3.63) is 46.4 Å². The van der Waals surface area contributed by atoms with Crippen molar-refractivity contribution in [1.82, 2.24) is 9.97 Å². The number of aromatic nitrogens is 2. The van der Waals surface area contributed by atoms with Gasteiger partial charge in [-0.05, 0) is 34.1 Å². The number of aliphatic hydroxyl groups excluding tert-OH is 1. The summed E-state index contributed by atoms with van der Waals surface area (Å²) in [7, 11) is 0. The molecule has 0 amide bonds. The van der Waals surface area contributed by atoms with Gasteiger partial charge in [-0.2, -0.15) is 0 Å². The van der Waals surface area contributed by atoms with Crippen molar-refractivity contribution < 1.29 is 14.2 Å². The smallest absolute Gasteiger partial charge is 0.321 e. The number of halogens is 2. The molecule has 0 unspecified atom stereocenters. The lowest BCUT2D eigenvalue weighted by Gasteiger charge is -2.05. The molecule has 0 saturated carbocycles. The third-order valence-corrected chi connectivity index (χ3v) is 2.58. The fourth-order valence-electron chi connectivity index (χ4n) is 1.13. The van der Waals surface area contributed by atoms with Gasteiger partial charge < -0.3 is 9.84 Å². The van der Waals surface area contributed by atoms with E-state index < -0.39 is 0 Å². The molecule has 1 heterocycles. The summed E-state index contributed by atoms with van der Waals surface area (Å²) in [4.78, 5) is 7.80. The highest BCUT2D eigenvalue weighted by Gasteiger charge is 2.06. The molecule has 2 rings (SSSR count). The van der Waals surface area contributed by atoms with Gasteiger partial charge in [0.2, 0.25) is 0 Å². The van der Waals surface area contributed by atoms with Crippen LogP contribution in [-0.4, -0.2) is 15.1 Å². The Morgan fingerprint density at radius 3 is 2.59 bits per heavy atom. The number of hydrogen-bond acceptors (Lipinski definition) is 4. The molecule has 0 fully saturated rings. The number of nitrogens with zero attached hydrogens (tertiary/aromatic N) is 2. The quantitative estimate of drug-likeness (QED) is 0.946. The minimum absolute atomic E-state index is 0.124. The van der Waals surface area contributed by atoms with E-state index in [2.05, 4.69) is 25.9 Å². The standard InChI is InChI=1S/C11H8BrFN2O2/c12-9-3-8(13)1-2-10(9)17-11-14-4-7(6-16)5-15-11/h1-5,16H,6H2. The van der Waals surface area contributed by atoms with Gasteiger partial charge in [-0.15, -0.1) is 0 Å². The summed E-state index contributed by atoms with van der Waals surface area (Å²) in [5.74, 6) is 0.0592. The van der Waals surface area contributed by atoms with E-state index >= 15 is 0 Å². The summed E-state index contributed by atoms with van der Waals surface area (Å²) < 4.78 is 18.7. The third kappa shape index (κ3) is 2.98. The molecular formula is C11H8BrFN2O2. The van der Waals surface area contributed by atoms with E-state index in [1.807, 2.05) is 0 Å². The number of hydrogen-bond donors (Lipinski definition) is 1. The van der Waals surface area contributed by atoms with Crippen molar-refractivity contribution in [1.29, 1.82) is 0 Å². The zero-order valence-corrected chi connectivity index (χ0v) is 10.2. The largest absolute Gasteiger partial charge is 0.423 e. The van der Waals surface area contributed by atoms with E-state index in [0.29, 0.717) is 15.8 Å². The summed E-state index contributed by atoms with van der Waals surface area (Å²) in [6.07, 6.45) is 2.92. The maximum absolute atomic E-state index is 12.8. The molecule has 0 saturated heterocycles. The summed E-state index contributed by atoms with van der Waals surface area (Å²) in [6.45, 7) is -0.124. The highest BCUT2D eigenvalue weighted by atomic mass is 79.9. The van der Waals surface area contributed by atoms with Crippen LogP contribution in [0.2, 0.25) is 0 Å². The van der Waals surface area contributed by atoms with Crippen LogP contribution in [0.15, 0.2) is 35.1 Å². The average Bonchev–Trinajstić information content (AvgIpc) is 2.34. The molecule has 0 aliphatic rings. The zero-order valence-electron chi connectivity index (χ0n) is 8.60. The zero-order chi connectivity index (χ0) is 12.3. The Labute approximate surface area is 105 Å². The molecule has 0 aliphatic carbocycles. The molecule has 0 radical (unpaired) electrons. The minimum Gasteiger partial charge on any atom is -0.423 e. The van der Waals surface area contributed by atoms with Gasteiger partial charge in [0.25, 0.3) is 0 Å². The molecule has 0 bridgehead atoms. The molecule has 0 atom stereocenters. The molecule has 1 aromatic carbocycles. The SMILES string of the molecule is OCc1cnc(Oc2ccc(F)cc2Br)nc1. The maximum atomic E-state index is 12.8. The fraction of sp³-hybridized carbons (Fsp3) is 0.0909. The lowest BCUT2D eigenvalue weighted by Crippen LogP contribution is -1.94. The van der Waals surface area contributed by atoms with Crippen LogP contribution in [-0.2, 0) is 6.61 Å². The van der Waals surface area contributed by atoms with E-state index in [0.717, 1.165) is 0 Å². The van der Waals surface area contributed by atoms with Crippen LogP contribution in [0.3, 0.4) is 0 Å². The second kappa shape index (κ2) is 5.20. The molecule has 0 aliphatic heterocycles. The van der Waals surface area contributed by atoms with Crippen molar-refractivity contribution in [3.8, 4) is 11.8 Å². The first-order valence-corrected chi connectivity index (χ1v) is 5.53. The van der Waals surface area contributed by atoms with Crippen molar-refractivity contribution >= 4 is 15.9 Å². The Kier molecular flexibility index (Phi) is 3.65. The second-order valence-electron chi connectivity index (χ2n) is 3.21. The highest BCUT2D eigenvalue weighted by Crippen LogP contribution is 2.28. The van der Waals surface area contributed by atoms with Crippen LogP contribution >= 0.6 is 15.9 Å². The van der Waals surface area contributed by atoms with Crippen LogP contribution < -0.4 is 4.74 Å². The van der Waals surface area contributed by atoms with Crippen LogP contribution in [0.5, 0.6) is 11.8 Å². The Hall–Kier alpha value is -1.53. The first-order chi connectivity index (χ1) is 8.19. The molecule has 4 nitrogen and oxygen atoms in total. The molecule has 1 N–H and O–H groups in total. The van der Waals surface area contributed by atoms with E-state index in [4.69, 9.17) is 9.84 Å². The van der Waals surface area contributed by atoms with Crippen LogP contribution in [0.25, 0.3) is 0 Å². The van der Waals surface area contributed by atoms with Gasteiger partial charge in [0.15, 0.2) is 0 Å². The average molecular weight is 299 g/mol. The number of benzene rings is 1. The second-order valence-corrected chi connectivity index (χ2v) is 4.06. The predicted octanol–water partition coefficient (Wildman–Crippen LogP) is 2.66. The van der Waals surface area contributed by atoms with Gasteiger partial charge >= 0.3 is 6.01 Å². The van der Waals surface area contributed by atoms with Crippen LogP contribution in [0.1, 0.15) is 5.56 Å². The molecule has 2 aromatic rings. The number of aliphatic hydroxyl groups is 1. The topological polar surface area (TPSA) is 55.2 Å². The monoisotopic (exact) mass is 298 g/mol. The normalized spacial score (nSPS) is 10.3. The van der Waals surface area contributed by atoms with Gasteiger partial charge in [-0.3, -0.25) is 0 Å². The van der Waals surface area contributed by atoms with Gasteiger partial charge in [-0.25, -0.2) is 14.4 Å². The first kappa shape index (κ1) is 11.9. The van der Waals surface area contributed by atoms with E-state index in [1.165, 1.54) is 30.6 Å². The van der Waals surface area contributed by atoms with Crippen LogP contribution in [0.4, 0.5) is 4.39 Å². The lowest BCUT2D eigenvalue weighted by atomic mass is 10.3. The molecule has 1 aromatic heterocycles. The van der Waals surface area contributed by atoms with Gasteiger partial charge in [0.1, 0.15) is 11.6 Å². The predicted molar refractivity (Wildman–Crippen MR) is 62.1 cm³/mol. The van der Waals surface area contributed by atoms with E-state index in [-0.39, 0.29) is 18.4 Å². The van der Waals surface area contributed by atoms with E-state index in [1.54, 1.807) is 0 Å². The van der Waals surface area contributed by atoms with E-state index in [9.17, 15) is 4.39 Å². The lowest BCUT2D eigenvalue weighted by molar-refractivity contribution is 0.280. The minimum atomic E-state index is -0.360. The molecule has 6 heteroatoms. The van der Waals surface area contributed by atoms with Crippen molar-refractivity contribution in [2.45, 2.75) is 6.61 Å². The van der Waals surface area contributed by atoms with Crippen LogP contribution in [0, 0.1) is 5.82 Å². The molecular weight excluding hydrogens is 291 g/mol. The fourth-order valence-corrected chi connectivity index (χ4v) is 1.57. The summed E-state index contributed by atoms with van der Waals surface area (Å²) in [5, 5.41) is 8.82. The summed E-state index contributed by atoms with van der Waals surface area (Å²) >= 11 is 3.17. The summed E-state index contributed by atoms with van der Waals surface area (Å²) in [5.41, 5.74) is 0.593. The molecule has 17 heavy (non-hydrogen) atoms.